The standard InChI is InChI=1S/C48H48N2O2S4/c1-3-5-7-9-31-51-37-19-15-35(16-20-37)49-39(43-13-11-33-53-43)23-25-41(49)45-27-29-47(55-45)48-30-28-46(56-48)42-26-24-40(44-14-12-34-54-44)50(42)36-17-21-38(22-18-36)52-32-10-8-6-4-2/h11-30,33-34H,3-10,31-32H2,1-2H3. The zero-order chi connectivity index (χ0) is 38.1. The molecular weight excluding hydrogens is 765 g/mol. The molecule has 56 heavy (non-hydrogen) atoms. The molecule has 0 radical (unpaired) electrons. The van der Waals surface area contributed by atoms with Crippen LogP contribution in [-0.4, -0.2) is 22.3 Å². The second-order valence-corrected chi connectivity index (χ2v) is 18.0. The Labute approximate surface area is 347 Å². The van der Waals surface area contributed by atoms with Crippen molar-refractivity contribution in [1.29, 1.82) is 0 Å². The first-order valence-corrected chi connectivity index (χ1v) is 23.3. The summed E-state index contributed by atoms with van der Waals surface area (Å²) in [7, 11) is 0. The van der Waals surface area contributed by atoms with E-state index in [9.17, 15) is 0 Å². The quantitative estimate of drug-likeness (QED) is 0.0761. The fraction of sp³-hybridized carbons (Fsp3) is 0.250. The van der Waals surface area contributed by atoms with E-state index in [4.69, 9.17) is 9.47 Å². The van der Waals surface area contributed by atoms with Crippen LogP contribution in [0.3, 0.4) is 0 Å². The fourth-order valence-corrected chi connectivity index (χ4v) is 10.7. The van der Waals surface area contributed by atoms with Crippen LogP contribution in [-0.2, 0) is 0 Å². The number of benzene rings is 2. The van der Waals surface area contributed by atoms with Gasteiger partial charge in [-0.1, -0.05) is 64.5 Å². The molecule has 0 aliphatic heterocycles. The average molecular weight is 813 g/mol. The van der Waals surface area contributed by atoms with Crippen LogP contribution < -0.4 is 9.47 Å². The van der Waals surface area contributed by atoms with Crippen molar-refractivity contribution < 1.29 is 9.47 Å². The lowest BCUT2D eigenvalue weighted by molar-refractivity contribution is 0.305. The molecule has 0 N–H and O–H groups in total. The number of hydrogen-bond acceptors (Lipinski definition) is 6. The van der Waals surface area contributed by atoms with Gasteiger partial charge in [0.25, 0.3) is 0 Å². The summed E-state index contributed by atoms with van der Waals surface area (Å²) in [4.78, 5) is 7.52. The van der Waals surface area contributed by atoms with Crippen LogP contribution in [0.15, 0.2) is 132 Å². The largest absolute Gasteiger partial charge is 0.494 e. The van der Waals surface area contributed by atoms with Gasteiger partial charge in [0.1, 0.15) is 11.5 Å². The molecule has 0 atom stereocenters. The number of thiophene rings is 4. The summed E-state index contributed by atoms with van der Waals surface area (Å²) < 4.78 is 17.0. The summed E-state index contributed by atoms with van der Waals surface area (Å²) in [6.07, 6.45) is 9.62. The van der Waals surface area contributed by atoms with Crippen LogP contribution in [0.2, 0.25) is 0 Å². The van der Waals surface area contributed by atoms with Gasteiger partial charge in [0, 0.05) is 21.1 Å². The highest BCUT2D eigenvalue weighted by Crippen LogP contribution is 2.44. The van der Waals surface area contributed by atoms with Crippen LogP contribution in [0.5, 0.6) is 11.5 Å². The number of ether oxygens (including phenoxy) is 2. The summed E-state index contributed by atoms with van der Waals surface area (Å²) in [6, 6.07) is 44.1. The van der Waals surface area contributed by atoms with Crippen molar-refractivity contribution in [3.05, 3.63) is 132 Å². The first-order valence-electron chi connectivity index (χ1n) is 19.9. The van der Waals surface area contributed by atoms with Gasteiger partial charge in [-0.05, 0) is 133 Å². The highest BCUT2D eigenvalue weighted by Gasteiger charge is 2.19. The predicted molar refractivity (Wildman–Crippen MR) is 243 cm³/mol. The lowest BCUT2D eigenvalue weighted by Gasteiger charge is -2.14. The normalized spacial score (nSPS) is 11.4. The molecule has 6 heterocycles. The van der Waals surface area contributed by atoms with E-state index < -0.39 is 0 Å². The van der Waals surface area contributed by atoms with Crippen molar-refractivity contribution >= 4 is 45.3 Å². The summed E-state index contributed by atoms with van der Waals surface area (Å²) in [5.41, 5.74) is 7.05. The Morgan fingerprint density at radius 1 is 0.393 bits per heavy atom. The Morgan fingerprint density at radius 2 is 0.786 bits per heavy atom. The number of hydrogen-bond donors (Lipinski definition) is 0. The maximum Gasteiger partial charge on any atom is 0.119 e. The van der Waals surface area contributed by atoms with Gasteiger partial charge >= 0.3 is 0 Å². The smallest absolute Gasteiger partial charge is 0.119 e. The Kier molecular flexibility index (Phi) is 12.7. The molecule has 6 aromatic heterocycles. The Hall–Kier alpha value is -4.60. The fourth-order valence-electron chi connectivity index (χ4n) is 7.08. The van der Waals surface area contributed by atoms with Gasteiger partial charge in [-0.3, -0.25) is 0 Å². The highest BCUT2D eigenvalue weighted by molar-refractivity contribution is 7.25. The number of aromatic nitrogens is 2. The second kappa shape index (κ2) is 18.6. The van der Waals surface area contributed by atoms with Crippen LogP contribution >= 0.6 is 45.3 Å². The Bertz CT molecular complexity index is 2220. The van der Waals surface area contributed by atoms with E-state index in [-0.39, 0.29) is 0 Å². The number of nitrogens with zero attached hydrogens (tertiary/aromatic N) is 2. The molecule has 0 aliphatic carbocycles. The Morgan fingerprint density at radius 3 is 1.16 bits per heavy atom. The van der Waals surface area contributed by atoms with E-state index in [2.05, 4.69) is 155 Å². The van der Waals surface area contributed by atoms with Crippen molar-refractivity contribution in [2.24, 2.45) is 0 Å². The summed E-state index contributed by atoms with van der Waals surface area (Å²) >= 11 is 7.26. The summed E-state index contributed by atoms with van der Waals surface area (Å²) in [5.74, 6) is 1.85. The maximum atomic E-state index is 6.10. The van der Waals surface area contributed by atoms with Gasteiger partial charge in [-0.2, -0.15) is 0 Å². The lowest BCUT2D eigenvalue weighted by Crippen LogP contribution is -2.00. The minimum Gasteiger partial charge on any atom is -0.494 e. The molecule has 0 amide bonds. The lowest BCUT2D eigenvalue weighted by atomic mass is 10.2. The third kappa shape index (κ3) is 8.69. The first-order chi connectivity index (χ1) is 27.7. The maximum absolute atomic E-state index is 6.10. The molecule has 8 aromatic rings. The first kappa shape index (κ1) is 38.3. The van der Waals surface area contributed by atoms with E-state index in [0.717, 1.165) is 48.9 Å². The molecule has 286 valence electrons. The van der Waals surface area contributed by atoms with Crippen molar-refractivity contribution in [3.63, 3.8) is 0 Å². The van der Waals surface area contributed by atoms with Crippen LogP contribution in [0.25, 0.3) is 63.4 Å². The third-order valence-corrected chi connectivity index (χ3v) is 14.2. The number of unbranched alkanes of at least 4 members (excludes halogenated alkanes) is 6. The minimum absolute atomic E-state index is 0.764. The van der Waals surface area contributed by atoms with Gasteiger partial charge < -0.3 is 18.6 Å². The molecular formula is C48H48N2O2S4. The van der Waals surface area contributed by atoms with E-state index in [1.807, 2.05) is 22.7 Å². The summed E-state index contributed by atoms with van der Waals surface area (Å²) in [5, 5.41) is 4.30. The van der Waals surface area contributed by atoms with Crippen molar-refractivity contribution in [3.8, 4) is 74.9 Å². The highest BCUT2D eigenvalue weighted by atomic mass is 32.1. The second-order valence-electron chi connectivity index (χ2n) is 14.0. The van der Waals surface area contributed by atoms with E-state index in [0.29, 0.717) is 0 Å². The molecule has 0 unspecified atom stereocenters. The van der Waals surface area contributed by atoms with Gasteiger partial charge in [0.05, 0.1) is 55.5 Å². The minimum atomic E-state index is 0.764. The molecule has 0 bridgehead atoms. The molecule has 0 saturated heterocycles. The van der Waals surface area contributed by atoms with Crippen LogP contribution in [0, 0.1) is 0 Å². The predicted octanol–water partition coefficient (Wildman–Crippen LogP) is 15.8. The molecule has 0 saturated carbocycles. The molecule has 0 spiro atoms. The molecule has 4 nitrogen and oxygen atoms in total. The molecule has 8 heteroatoms. The van der Waals surface area contributed by atoms with E-state index >= 15 is 0 Å². The Balaban J connectivity index is 1.06. The van der Waals surface area contributed by atoms with Gasteiger partial charge in [-0.25, -0.2) is 0 Å². The van der Waals surface area contributed by atoms with E-state index in [1.165, 1.54) is 90.6 Å². The third-order valence-electron chi connectivity index (χ3n) is 9.99. The zero-order valence-electron chi connectivity index (χ0n) is 32.1. The zero-order valence-corrected chi connectivity index (χ0v) is 35.4. The van der Waals surface area contributed by atoms with Crippen molar-refractivity contribution in [2.75, 3.05) is 13.2 Å². The van der Waals surface area contributed by atoms with E-state index in [1.54, 1.807) is 22.7 Å². The van der Waals surface area contributed by atoms with Crippen molar-refractivity contribution in [2.45, 2.75) is 65.2 Å². The van der Waals surface area contributed by atoms with Crippen LogP contribution in [0.4, 0.5) is 0 Å². The van der Waals surface area contributed by atoms with Gasteiger partial charge in [0.2, 0.25) is 0 Å². The molecule has 0 fully saturated rings. The number of rotatable bonds is 19. The molecule has 8 rings (SSSR count). The summed E-state index contributed by atoms with van der Waals surface area (Å²) in [6.45, 7) is 6.01. The van der Waals surface area contributed by atoms with Crippen molar-refractivity contribution in [1.82, 2.24) is 9.13 Å². The van der Waals surface area contributed by atoms with Crippen LogP contribution in [0.1, 0.15) is 65.2 Å². The molecule has 0 aliphatic rings. The average Bonchev–Trinajstić information content (AvgIpc) is 4.07. The topological polar surface area (TPSA) is 28.3 Å². The SMILES string of the molecule is CCCCCCOc1ccc(-n2c(-c3cccs3)ccc2-c2ccc(-c3ccc(-c4ccc(-c5cccs5)n4-c4ccc(OCCCCCC)cc4)s3)s2)cc1. The van der Waals surface area contributed by atoms with Gasteiger partial charge in [-0.15, -0.1) is 45.3 Å². The monoisotopic (exact) mass is 812 g/mol. The van der Waals surface area contributed by atoms with Gasteiger partial charge in [0.15, 0.2) is 0 Å². The molecule has 2 aromatic carbocycles.